The average Bonchev–Trinajstić information content (AvgIpc) is 2.21. The third kappa shape index (κ3) is 3.39. The number of nitrogens with two attached hydrogens (primary N) is 1. The van der Waals surface area contributed by atoms with Crippen molar-refractivity contribution in [2.45, 2.75) is 20.8 Å². The maximum absolute atomic E-state index is 11.0. The molecule has 0 aliphatic carbocycles. The Hall–Kier alpha value is -1.64. The maximum Gasteiger partial charge on any atom is 0.289 e. The Bertz CT molecular complexity index is 320. The van der Waals surface area contributed by atoms with Gasteiger partial charge in [-0.2, -0.15) is 0 Å². The highest BCUT2D eigenvalue weighted by Gasteiger charge is 2.10. The third-order valence-corrected chi connectivity index (χ3v) is 1.54. The van der Waals surface area contributed by atoms with Gasteiger partial charge in [0.15, 0.2) is 0 Å². The monoisotopic (exact) mass is 195 g/mol. The van der Waals surface area contributed by atoms with Crippen molar-refractivity contribution in [2.75, 3.05) is 0 Å². The molecule has 14 heavy (non-hydrogen) atoms. The molecule has 0 aromatic heterocycles. The van der Waals surface area contributed by atoms with Gasteiger partial charge in [-0.1, -0.05) is 43.7 Å². The second-order valence-electron chi connectivity index (χ2n) is 2.56. The summed E-state index contributed by atoms with van der Waals surface area (Å²) in [6, 6.07) is 6.69. The van der Waals surface area contributed by atoms with Crippen molar-refractivity contribution < 1.29 is 11.0 Å². The van der Waals surface area contributed by atoms with Gasteiger partial charge in [-0.05, 0) is 6.92 Å². The summed E-state index contributed by atoms with van der Waals surface area (Å²) in [4.78, 5) is 21.4. The second-order valence-corrected chi connectivity index (χ2v) is 2.56. The molecule has 0 heterocycles. The van der Waals surface area contributed by atoms with Gasteiger partial charge in [0.05, 0.1) is 0 Å². The lowest BCUT2D eigenvalue weighted by molar-refractivity contribution is -0.114. The molecule has 1 rings (SSSR count). The zero-order valence-corrected chi connectivity index (χ0v) is 8.70. The van der Waals surface area contributed by atoms with Gasteiger partial charge in [-0.15, -0.1) is 0 Å². The number of carbonyl (C=O) groups is 2. The van der Waals surface area contributed by atoms with Crippen molar-refractivity contribution in [2.24, 2.45) is 5.73 Å². The minimum atomic E-state index is -0.918. The van der Waals surface area contributed by atoms with Crippen LogP contribution < -0.4 is 5.73 Å². The molecular weight excluding hydrogens is 178 g/mol. The molecule has 2 N–H and O–H groups in total. The van der Waals surface area contributed by atoms with E-state index in [9.17, 15) is 9.59 Å². The Morgan fingerprint density at radius 2 is 1.57 bits per heavy atom. The van der Waals surface area contributed by atoms with Gasteiger partial charge >= 0.3 is 0 Å². The molecule has 1 aromatic carbocycles. The SMILES string of the molecule is CC.Cc1ccc(C(=O)C(N)=O)cc1.[HH]. The number of hydrogen-bond acceptors (Lipinski definition) is 2. The summed E-state index contributed by atoms with van der Waals surface area (Å²) in [5.41, 5.74) is 6.20. The molecule has 0 fully saturated rings. The van der Waals surface area contributed by atoms with Crippen LogP contribution in [-0.4, -0.2) is 11.7 Å². The quantitative estimate of drug-likeness (QED) is 0.579. The van der Waals surface area contributed by atoms with Crippen molar-refractivity contribution in [3.63, 3.8) is 0 Å². The van der Waals surface area contributed by atoms with Crippen molar-refractivity contribution in [1.29, 1.82) is 0 Å². The molecular formula is C11H17NO2. The number of ketones is 1. The van der Waals surface area contributed by atoms with Crippen LogP contribution in [0.5, 0.6) is 0 Å². The molecule has 0 spiro atoms. The van der Waals surface area contributed by atoms with Crippen LogP contribution in [-0.2, 0) is 4.79 Å². The van der Waals surface area contributed by atoms with E-state index in [-0.39, 0.29) is 1.43 Å². The van der Waals surface area contributed by atoms with Crippen molar-refractivity contribution in [1.82, 2.24) is 0 Å². The number of aryl methyl sites for hydroxylation is 1. The highest BCUT2D eigenvalue weighted by Crippen LogP contribution is 2.03. The van der Waals surface area contributed by atoms with Crippen LogP contribution in [0.3, 0.4) is 0 Å². The molecule has 0 saturated heterocycles. The Balaban J connectivity index is 0. The molecule has 78 valence electrons. The van der Waals surface area contributed by atoms with Crippen LogP contribution in [0.2, 0.25) is 0 Å². The first-order valence-corrected chi connectivity index (χ1v) is 4.52. The number of primary amides is 1. The van der Waals surface area contributed by atoms with Gasteiger partial charge in [0.1, 0.15) is 0 Å². The predicted molar refractivity (Wildman–Crippen MR) is 58.2 cm³/mol. The lowest BCUT2D eigenvalue weighted by Crippen LogP contribution is -2.22. The highest BCUT2D eigenvalue weighted by molar-refractivity contribution is 6.42. The van der Waals surface area contributed by atoms with E-state index in [1.54, 1.807) is 24.3 Å². The summed E-state index contributed by atoms with van der Waals surface area (Å²) < 4.78 is 0. The predicted octanol–water partition coefficient (Wildman–Crippen LogP) is 1.94. The van der Waals surface area contributed by atoms with Crippen LogP contribution in [0.25, 0.3) is 0 Å². The second kappa shape index (κ2) is 5.91. The van der Waals surface area contributed by atoms with Crippen LogP contribution in [0.4, 0.5) is 0 Å². The normalized spacial score (nSPS) is 8.50. The summed E-state index contributed by atoms with van der Waals surface area (Å²) in [6.07, 6.45) is 0. The smallest absolute Gasteiger partial charge is 0.289 e. The summed E-state index contributed by atoms with van der Waals surface area (Å²) in [7, 11) is 0. The van der Waals surface area contributed by atoms with E-state index in [1.807, 2.05) is 20.8 Å². The molecule has 0 saturated carbocycles. The average molecular weight is 195 g/mol. The van der Waals surface area contributed by atoms with Crippen LogP contribution in [0.1, 0.15) is 31.2 Å². The summed E-state index contributed by atoms with van der Waals surface area (Å²) >= 11 is 0. The maximum atomic E-state index is 11.0. The molecule has 0 radical (unpaired) electrons. The number of carbonyl (C=O) groups excluding carboxylic acids is 2. The summed E-state index contributed by atoms with van der Waals surface area (Å²) in [6.45, 7) is 5.90. The van der Waals surface area contributed by atoms with E-state index in [1.165, 1.54) is 0 Å². The Morgan fingerprint density at radius 1 is 1.14 bits per heavy atom. The van der Waals surface area contributed by atoms with Gasteiger partial charge < -0.3 is 5.73 Å². The van der Waals surface area contributed by atoms with E-state index >= 15 is 0 Å². The fourth-order valence-electron chi connectivity index (χ4n) is 0.847. The molecule has 0 unspecified atom stereocenters. The molecule has 3 heteroatoms. The standard InChI is InChI=1S/C9H9NO2.C2H6.H2/c1-6-2-4-7(5-3-6)8(11)9(10)12;1-2;/h2-5H,1H3,(H2,10,12);1-2H3;1H. The third-order valence-electron chi connectivity index (χ3n) is 1.54. The topological polar surface area (TPSA) is 60.2 Å². The fourth-order valence-corrected chi connectivity index (χ4v) is 0.847. The first kappa shape index (κ1) is 12.4. The van der Waals surface area contributed by atoms with Gasteiger partial charge in [-0.25, -0.2) is 0 Å². The molecule has 0 aliphatic heterocycles. The molecule has 1 aromatic rings. The minimum Gasteiger partial charge on any atom is -0.363 e. The van der Waals surface area contributed by atoms with Crippen LogP contribution in [0, 0.1) is 6.92 Å². The molecule has 0 atom stereocenters. The zero-order valence-electron chi connectivity index (χ0n) is 8.70. The Labute approximate surface area is 85.4 Å². The van der Waals surface area contributed by atoms with Crippen LogP contribution >= 0.6 is 0 Å². The molecule has 3 nitrogen and oxygen atoms in total. The minimum absolute atomic E-state index is 0. The Kier molecular flexibility index (Phi) is 5.22. The number of hydrogen-bond donors (Lipinski definition) is 1. The van der Waals surface area contributed by atoms with Gasteiger partial charge in [-0.3, -0.25) is 9.59 Å². The first-order valence-electron chi connectivity index (χ1n) is 4.52. The number of rotatable bonds is 2. The van der Waals surface area contributed by atoms with E-state index in [4.69, 9.17) is 5.73 Å². The number of amides is 1. The van der Waals surface area contributed by atoms with Gasteiger partial charge in [0.2, 0.25) is 5.78 Å². The highest BCUT2D eigenvalue weighted by atomic mass is 16.2. The lowest BCUT2D eigenvalue weighted by atomic mass is 10.1. The first-order chi connectivity index (χ1) is 6.61. The lowest BCUT2D eigenvalue weighted by Gasteiger charge is -1.96. The van der Waals surface area contributed by atoms with E-state index in [0.29, 0.717) is 5.56 Å². The van der Waals surface area contributed by atoms with Gasteiger partial charge in [0, 0.05) is 6.99 Å². The fraction of sp³-hybridized carbons (Fsp3) is 0.273. The van der Waals surface area contributed by atoms with E-state index in [0.717, 1.165) is 5.56 Å². The van der Waals surface area contributed by atoms with Gasteiger partial charge in [0.25, 0.3) is 5.91 Å². The van der Waals surface area contributed by atoms with Crippen LogP contribution in [0.15, 0.2) is 24.3 Å². The molecule has 0 bridgehead atoms. The summed E-state index contributed by atoms with van der Waals surface area (Å²) in [5.74, 6) is -1.56. The van der Waals surface area contributed by atoms with E-state index < -0.39 is 11.7 Å². The van der Waals surface area contributed by atoms with Crippen molar-refractivity contribution >= 4 is 11.7 Å². The zero-order chi connectivity index (χ0) is 11.1. The number of benzene rings is 1. The van der Waals surface area contributed by atoms with E-state index in [2.05, 4.69) is 0 Å². The molecule has 0 aliphatic rings. The summed E-state index contributed by atoms with van der Waals surface area (Å²) in [5, 5.41) is 0. The number of Topliss-reactive ketones (excluding diaryl/α,β-unsaturated/α-hetero) is 1. The van der Waals surface area contributed by atoms with Crippen molar-refractivity contribution in [3.05, 3.63) is 35.4 Å². The van der Waals surface area contributed by atoms with Crippen molar-refractivity contribution in [3.8, 4) is 0 Å². The molecule has 1 amide bonds. The largest absolute Gasteiger partial charge is 0.363 e. The Morgan fingerprint density at radius 3 is 1.93 bits per heavy atom.